The standard InChI is InChI=1S/C11H14BrClN2/c12-10-7-14-5-2-11(10)15-6-3-9(8-15)1-4-13/h2,5,7,9H,1,3-4,6,8H2. The minimum atomic E-state index is 0.752. The average molecular weight is 290 g/mol. The van der Waals surface area contributed by atoms with Crippen molar-refractivity contribution in [3.8, 4) is 0 Å². The third-order valence-corrected chi connectivity index (χ3v) is 3.72. The molecule has 1 aliphatic rings. The van der Waals surface area contributed by atoms with E-state index in [1.807, 2.05) is 12.4 Å². The van der Waals surface area contributed by atoms with Crippen molar-refractivity contribution >= 4 is 33.2 Å². The van der Waals surface area contributed by atoms with Crippen molar-refractivity contribution in [1.29, 1.82) is 0 Å². The van der Waals surface area contributed by atoms with Gasteiger partial charge >= 0.3 is 0 Å². The Morgan fingerprint density at radius 3 is 3.20 bits per heavy atom. The summed E-state index contributed by atoms with van der Waals surface area (Å²) < 4.78 is 1.08. The van der Waals surface area contributed by atoms with Gasteiger partial charge in [-0.05, 0) is 40.8 Å². The van der Waals surface area contributed by atoms with E-state index in [0.29, 0.717) is 0 Å². The van der Waals surface area contributed by atoms with E-state index in [1.165, 1.54) is 12.1 Å². The molecular weight excluding hydrogens is 275 g/mol. The normalized spacial score (nSPS) is 20.9. The molecule has 1 aliphatic heterocycles. The van der Waals surface area contributed by atoms with Crippen LogP contribution in [0, 0.1) is 5.92 Å². The molecule has 0 spiro atoms. The predicted molar refractivity (Wildman–Crippen MR) is 67.6 cm³/mol. The Hall–Kier alpha value is -0.280. The first-order chi connectivity index (χ1) is 7.31. The van der Waals surface area contributed by atoms with Gasteiger partial charge in [0.05, 0.1) is 10.2 Å². The molecule has 2 rings (SSSR count). The highest BCUT2D eigenvalue weighted by molar-refractivity contribution is 9.10. The number of alkyl halides is 1. The number of rotatable bonds is 3. The maximum absolute atomic E-state index is 5.77. The van der Waals surface area contributed by atoms with E-state index in [9.17, 15) is 0 Å². The zero-order valence-electron chi connectivity index (χ0n) is 8.50. The molecule has 0 radical (unpaired) electrons. The number of anilines is 1. The number of hydrogen-bond acceptors (Lipinski definition) is 2. The molecule has 1 aromatic heterocycles. The second-order valence-corrected chi connectivity index (χ2v) is 5.14. The van der Waals surface area contributed by atoms with E-state index < -0.39 is 0 Å². The molecule has 0 saturated carbocycles. The SMILES string of the molecule is ClCCC1CCN(c2ccncc2Br)C1. The van der Waals surface area contributed by atoms with Crippen LogP contribution in [0.3, 0.4) is 0 Å². The lowest BCUT2D eigenvalue weighted by Crippen LogP contribution is -2.20. The van der Waals surface area contributed by atoms with Gasteiger partial charge in [0, 0.05) is 31.4 Å². The molecule has 15 heavy (non-hydrogen) atoms. The summed E-state index contributed by atoms with van der Waals surface area (Å²) in [5.74, 6) is 1.53. The van der Waals surface area contributed by atoms with Gasteiger partial charge in [-0.1, -0.05) is 0 Å². The van der Waals surface area contributed by atoms with E-state index in [1.54, 1.807) is 0 Å². The molecule has 1 atom stereocenters. The van der Waals surface area contributed by atoms with Crippen LogP contribution in [-0.4, -0.2) is 24.0 Å². The van der Waals surface area contributed by atoms with Crippen molar-refractivity contribution in [1.82, 2.24) is 4.98 Å². The van der Waals surface area contributed by atoms with Gasteiger partial charge in [-0.3, -0.25) is 4.98 Å². The molecule has 4 heteroatoms. The third-order valence-electron chi connectivity index (χ3n) is 2.89. The average Bonchev–Trinajstić information content (AvgIpc) is 2.68. The molecule has 0 amide bonds. The Morgan fingerprint density at radius 2 is 2.47 bits per heavy atom. The van der Waals surface area contributed by atoms with Crippen LogP contribution in [0.5, 0.6) is 0 Å². The summed E-state index contributed by atoms with van der Waals surface area (Å²) in [5, 5.41) is 0. The van der Waals surface area contributed by atoms with Gasteiger partial charge in [0.1, 0.15) is 0 Å². The van der Waals surface area contributed by atoms with Crippen LogP contribution in [0.1, 0.15) is 12.8 Å². The molecule has 2 heterocycles. The smallest absolute Gasteiger partial charge is 0.0592 e. The van der Waals surface area contributed by atoms with Crippen molar-refractivity contribution < 1.29 is 0 Å². The van der Waals surface area contributed by atoms with Crippen LogP contribution in [0.2, 0.25) is 0 Å². The minimum Gasteiger partial charge on any atom is -0.370 e. The lowest BCUT2D eigenvalue weighted by atomic mass is 10.1. The van der Waals surface area contributed by atoms with Crippen LogP contribution in [0.15, 0.2) is 22.9 Å². The second kappa shape index (κ2) is 5.17. The fourth-order valence-electron chi connectivity index (χ4n) is 2.07. The van der Waals surface area contributed by atoms with E-state index >= 15 is 0 Å². The maximum Gasteiger partial charge on any atom is 0.0592 e. The Bertz CT molecular complexity index is 332. The molecular formula is C11H14BrClN2. The first-order valence-electron chi connectivity index (χ1n) is 5.21. The highest BCUT2D eigenvalue weighted by Crippen LogP contribution is 2.30. The number of nitrogens with zero attached hydrogens (tertiary/aromatic N) is 2. The van der Waals surface area contributed by atoms with Crippen LogP contribution in [0.4, 0.5) is 5.69 Å². The summed E-state index contributed by atoms with van der Waals surface area (Å²) >= 11 is 9.30. The van der Waals surface area contributed by atoms with Crippen LogP contribution in [-0.2, 0) is 0 Å². The topological polar surface area (TPSA) is 16.1 Å². The largest absolute Gasteiger partial charge is 0.370 e. The summed E-state index contributed by atoms with van der Waals surface area (Å²) in [5.41, 5.74) is 1.25. The molecule has 1 unspecified atom stereocenters. The maximum atomic E-state index is 5.77. The summed E-state index contributed by atoms with van der Waals surface area (Å²) in [7, 11) is 0. The van der Waals surface area contributed by atoms with Crippen LogP contribution < -0.4 is 4.90 Å². The van der Waals surface area contributed by atoms with E-state index in [2.05, 4.69) is 31.9 Å². The Balaban J connectivity index is 2.04. The summed E-state index contributed by atoms with van der Waals surface area (Å²) in [4.78, 5) is 6.48. The molecule has 0 bridgehead atoms. The van der Waals surface area contributed by atoms with Crippen molar-refractivity contribution in [3.05, 3.63) is 22.9 Å². The zero-order valence-corrected chi connectivity index (χ0v) is 10.8. The van der Waals surface area contributed by atoms with Crippen molar-refractivity contribution in [3.63, 3.8) is 0 Å². The minimum absolute atomic E-state index is 0.752. The van der Waals surface area contributed by atoms with Crippen molar-refractivity contribution in [2.45, 2.75) is 12.8 Å². The molecule has 1 saturated heterocycles. The zero-order chi connectivity index (χ0) is 10.7. The number of hydrogen-bond donors (Lipinski definition) is 0. The molecule has 82 valence electrons. The van der Waals surface area contributed by atoms with Crippen LogP contribution in [0.25, 0.3) is 0 Å². The van der Waals surface area contributed by atoms with Gasteiger partial charge in [-0.2, -0.15) is 0 Å². The van der Waals surface area contributed by atoms with Gasteiger partial charge in [-0.15, -0.1) is 11.6 Å². The quantitative estimate of drug-likeness (QED) is 0.794. The highest BCUT2D eigenvalue weighted by atomic mass is 79.9. The highest BCUT2D eigenvalue weighted by Gasteiger charge is 2.23. The third kappa shape index (κ3) is 2.64. The van der Waals surface area contributed by atoms with E-state index in [-0.39, 0.29) is 0 Å². The number of aromatic nitrogens is 1. The van der Waals surface area contributed by atoms with Gasteiger partial charge in [0.2, 0.25) is 0 Å². The number of halogens is 2. The number of pyridine rings is 1. The fourth-order valence-corrected chi connectivity index (χ4v) is 2.88. The van der Waals surface area contributed by atoms with Gasteiger partial charge in [0.15, 0.2) is 0 Å². The van der Waals surface area contributed by atoms with Gasteiger partial charge in [0.25, 0.3) is 0 Å². The molecule has 2 nitrogen and oxygen atoms in total. The lowest BCUT2D eigenvalue weighted by Gasteiger charge is -2.19. The van der Waals surface area contributed by atoms with E-state index in [0.717, 1.165) is 35.8 Å². The molecule has 0 aromatic carbocycles. The Kier molecular flexibility index (Phi) is 3.87. The predicted octanol–water partition coefficient (Wildman–Crippen LogP) is 3.30. The summed E-state index contributed by atoms with van der Waals surface area (Å²) in [6.07, 6.45) is 6.07. The Labute approximate surface area is 104 Å². The van der Waals surface area contributed by atoms with Gasteiger partial charge < -0.3 is 4.90 Å². The van der Waals surface area contributed by atoms with Crippen LogP contribution >= 0.6 is 27.5 Å². The molecule has 1 fully saturated rings. The summed E-state index contributed by atoms with van der Waals surface area (Å²) in [6.45, 7) is 2.25. The first kappa shape index (κ1) is 11.2. The van der Waals surface area contributed by atoms with Crippen molar-refractivity contribution in [2.24, 2.45) is 5.92 Å². The molecule has 0 N–H and O–H groups in total. The first-order valence-corrected chi connectivity index (χ1v) is 6.54. The monoisotopic (exact) mass is 288 g/mol. The molecule has 1 aromatic rings. The van der Waals surface area contributed by atoms with E-state index in [4.69, 9.17) is 11.6 Å². The summed E-state index contributed by atoms with van der Waals surface area (Å²) in [6, 6.07) is 2.06. The van der Waals surface area contributed by atoms with Gasteiger partial charge in [-0.25, -0.2) is 0 Å². The second-order valence-electron chi connectivity index (χ2n) is 3.91. The molecule has 0 aliphatic carbocycles. The lowest BCUT2D eigenvalue weighted by molar-refractivity contribution is 0.572. The fraction of sp³-hybridized carbons (Fsp3) is 0.545. The Morgan fingerprint density at radius 1 is 1.60 bits per heavy atom. The van der Waals surface area contributed by atoms with Crippen molar-refractivity contribution in [2.75, 3.05) is 23.9 Å².